The molecule has 6 heteroatoms. The number of aromatic nitrogens is 4. The summed E-state index contributed by atoms with van der Waals surface area (Å²) in [6.45, 7) is 3.00. The van der Waals surface area contributed by atoms with E-state index in [4.69, 9.17) is 5.84 Å². The normalized spacial score (nSPS) is 12.9. The molecule has 0 saturated carbocycles. The Morgan fingerprint density at radius 2 is 2.12 bits per heavy atom. The Balaban J connectivity index is 2.19. The van der Waals surface area contributed by atoms with Gasteiger partial charge in [-0.1, -0.05) is 0 Å². The Morgan fingerprint density at radius 1 is 1.35 bits per heavy atom. The molecule has 6 nitrogen and oxygen atoms in total. The van der Waals surface area contributed by atoms with Crippen LogP contribution in [0.4, 0.5) is 0 Å². The second-order valence-corrected chi connectivity index (χ2v) is 3.95. The SMILES string of the molecule is CCn1ccnc1CC(NN)c1nccn1C. The van der Waals surface area contributed by atoms with Crippen molar-refractivity contribution in [2.24, 2.45) is 12.9 Å². The zero-order chi connectivity index (χ0) is 12.3. The lowest BCUT2D eigenvalue weighted by molar-refractivity contribution is 0.486. The van der Waals surface area contributed by atoms with Crippen LogP contribution in [-0.4, -0.2) is 19.1 Å². The van der Waals surface area contributed by atoms with Gasteiger partial charge >= 0.3 is 0 Å². The Bertz CT molecular complexity index is 472. The van der Waals surface area contributed by atoms with Crippen molar-refractivity contribution in [2.75, 3.05) is 0 Å². The summed E-state index contributed by atoms with van der Waals surface area (Å²) in [6.07, 6.45) is 8.19. The molecule has 1 unspecified atom stereocenters. The monoisotopic (exact) mass is 234 g/mol. The van der Waals surface area contributed by atoms with Crippen LogP contribution in [0.5, 0.6) is 0 Å². The molecule has 0 aromatic carbocycles. The standard InChI is InChI=1S/C11H18N6/c1-3-17-7-5-13-10(17)8-9(15-12)11-14-4-6-16(11)2/h4-7,9,15H,3,8,12H2,1-2H3. The number of hydrogen-bond donors (Lipinski definition) is 2. The van der Waals surface area contributed by atoms with Crippen LogP contribution in [0.3, 0.4) is 0 Å². The first kappa shape index (κ1) is 11.8. The average Bonchev–Trinajstić information content (AvgIpc) is 2.94. The molecule has 0 bridgehead atoms. The van der Waals surface area contributed by atoms with Gasteiger partial charge in [-0.15, -0.1) is 0 Å². The molecule has 2 aromatic rings. The molecule has 92 valence electrons. The molecule has 3 N–H and O–H groups in total. The van der Waals surface area contributed by atoms with Crippen LogP contribution in [0.25, 0.3) is 0 Å². The first-order valence-electron chi connectivity index (χ1n) is 5.69. The van der Waals surface area contributed by atoms with Crippen molar-refractivity contribution in [1.82, 2.24) is 24.5 Å². The Labute approximate surface area is 100 Å². The minimum Gasteiger partial charge on any atom is -0.337 e. The van der Waals surface area contributed by atoms with Gasteiger partial charge in [0.25, 0.3) is 0 Å². The second-order valence-electron chi connectivity index (χ2n) is 3.95. The molecule has 0 spiro atoms. The van der Waals surface area contributed by atoms with Gasteiger partial charge in [0.2, 0.25) is 0 Å². The quantitative estimate of drug-likeness (QED) is 0.579. The molecular formula is C11H18N6. The summed E-state index contributed by atoms with van der Waals surface area (Å²) in [4.78, 5) is 8.65. The van der Waals surface area contributed by atoms with E-state index in [0.29, 0.717) is 0 Å². The molecule has 17 heavy (non-hydrogen) atoms. The average molecular weight is 234 g/mol. The van der Waals surface area contributed by atoms with Gasteiger partial charge in [-0.3, -0.25) is 5.84 Å². The van der Waals surface area contributed by atoms with Crippen LogP contribution in [0.2, 0.25) is 0 Å². The van der Waals surface area contributed by atoms with E-state index in [0.717, 1.165) is 24.6 Å². The van der Waals surface area contributed by atoms with Gasteiger partial charge in [0.1, 0.15) is 11.6 Å². The molecule has 2 heterocycles. The molecule has 0 aliphatic heterocycles. The van der Waals surface area contributed by atoms with Crippen molar-refractivity contribution >= 4 is 0 Å². The number of aryl methyl sites for hydroxylation is 2. The zero-order valence-corrected chi connectivity index (χ0v) is 10.2. The molecule has 0 fully saturated rings. The summed E-state index contributed by atoms with van der Waals surface area (Å²) in [7, 11) is 1.96. The minimum absolute atomic E-state index is 0.0253. The molecule has 2 rings (SSSR count). The number of nitrogens with two attached hydrogens (primary N) is 1. The van der Waals surface area contributed by atoms with E-state index in [1.165, 1.54) is 0 Å². The van der Waals surface area contributed by atoms with Crippen molar-refractivity contribution in [2.45, 2.75) is 25.9 Å². The highest BCUT2D eigenvalue weighted by atomic mass is 15.3. The molecule has 1 atom stereocenters. The van der Waals surface area contributed by atoms with E-state index in [1.54, 1.807) is 6.20 Å². The van der Waals surface area contributed by atoms with Gasteiger partial charge in [0.05, 0.1) is 6.04 Å². The summed E-state index contributed by atoms with van der Waals surface area (Å²) in [5.74, 6) is 7.53. The molecule has 0 aliphatic rings. The van der Waals surface area contributed by atoms with Crippen LogP contribution >= 0.6 is 0 Å². The third-order valence-electron chi connectivity index (χ3n) is 2.90. The van der Waals surface area contributed by atoms with E-state index >= 15 is 0 Å². The fourth-order valence-corrected chi connectivity index (χ4v) is 1.94. The van der Waals surface area contributed by atoms with Crippen LogP contribution < -0.4 is 11.3 Å². The van der Waals surface area contributed by atoms with Crippen molar-refractivity contribution in [3.63, 3.8) is 0 Å². The van der Waals surface area contributed by atoms with Crippen LogP contribution in [0.15, 0.2) is 24.8 Å². The lowest BCUT2D eigenvalue weighted by Crippen LogP contribution is -2.32. The number of hydrazine groups is 1. The predicted molar refractivity (Wildman–Crippen MR) is 64.9 cm³/mol. The maximum atomic E-state index is 5.60. The fraction of sp³-hybridized carbons (Fsp3) is 0.455. The molecule has 0 aliphatic carbocycles. The number of nitrogens with zero attached hydrogens (tertiary/aromatic N) is 4. The van der Waals surface area contributed by atoms with Crippen molar-refractivity contribution in [3.8, 4) is 0 Å². The van der Waals surface area contributed by atoms with Crippen molar-refractivity contribution < 1.29 is 0 Å². The molecule has 2 aromatic heterocycles. The number of hydrogen-bond acceptors (Lipinski definition) is 4. The van der Waals surface area contributed by atoms with Gasteiger partial charge in [-0.2, -0.15) is 0 Å². The maximum Gasteiger partial charge on any atom is 0.127 e. The second kappa shape index (κ2) is 5.11. The summed E-state index contributed by atoms with van der Waals surface area (Å²) >= 11 is 0. The Morgan fingerprint density at radius 3 is 2.71 bits per heavy atom. The zero-order valence-electron chi connectivity index (χ0n) is 10.2. The summed E-state index contributed by atoms with van der Waals surface area (Å²) in [6, 6.07) is -0.0253. The van der Waals surface area contributed by atoms with Gasteiger partial charge < -0.3 is 9.13 Å². The largest absolute Gasteiger partial charge is 0.337 e. The van der Waals surface area contributed by atoms with E-state index in [1.807, 2.05) is 30.2 Å². The van der Waals surface area contributed by atoms with E-state index in [2.05, 4.69) is 26.9 Å². The minimum atomic E-state index is -0.0253. The first-order valence-corrected chi connectivity index (χ1v) is 5.69. The fourth-order valence-electron chi connectivity index (χ4n) is 1.94. The molecule has 0 saturated heterocycles. The molecule has 0 amide bonds. The summed E-state index contributed by atoms with van der Waals surface area (Å²) in [5.41, 5.74) is 2.80. The third kappa shape index (κ3) is 2.37. The molecule has 0 radical (unpaired) electrons. The number of rotatable bonds is 5. The van der Waals surface area contributed by atoms with Gasteiger partial charge in [0, 0.05) is 44.8 Å². The van der Waals surface area contributed by atoms with Crippen LogP contribution in [0, 0.1) is 0 Å². The van der Waals surface area contributed by atoms with Gasteiger partial charge in [0.15, 0.2) is 0 Å². The van der Waals surface area contributed by atoms with Crippen molar-refractivity contribution in [3.05, 3.63) is 36.4 Å². The van der Waals surface area contributed by atoms with Gasteiger partial charge in [-0.05, 0) is 6.92 Å². The summed E-state index contributed by atoms with van der Waals surface area (Å²) in [5, 5.41) is 0. The highest BCUT2D eigenvalue weighted by Crippen LogP contribution is 2.14. The first-order chi connectivity index (χ1) is 8.26. The lowest BCUT2D eigenvalue weighted by Gasteiger charge is -2.15. The topological polar surface area (TPSA) is 73.7 Å². The smallest absolute Gasteiger partial charge is 0.127 e. The number of nitrogens with one attached hydrogen (secondary N) is 1. The molecular weight excluding hydrogens is 216 g/mol. The Kier molecular flexibility index (Phi) is 3.55. The van der Waals surface area contributed by atoms with Crippen molar-refractivity contribution in [1.29, 1.82) is 0 Å². The third-order valence-corrected chi connectivity index (χ3v) is 2.90. The van der Waals surface area contributed by atoms with E-state index in [9.17, 15) is 0 Å². The predicted octanol–water partition coefficient (Wildman–Crippen LogP) is 0.384. The highest BCUT2D eigenvalue weighted by Gasteiger charge is 2.17. The Hall–Kier alpha value is -1.66. The van der Waals surface area contributed by atoms with Gasteiger partial charge in [-0.25, -0.2) is 15.4 Å². The number of imidazole rings is 2. The maximum absolute atomic E-state index is 5.60. The van der Waals surface area contributed by atoms with E-state index in [-0.39, 0.29) is 6.04 Å². The lowest BCUT2D eigenvalue weighted by atomic mass is 10.2. The highest BCUT2D eigenvalue weighted by molar-refractivity contribution is 5.04. The summed E-state index contributed by atoms with van der Waals surface area (Å²) < 4.78 is 4.07. The van der Waals surface area contributed by atoms with Crippen LogP contribution in [0.1, 0.15) is 24.6 Å². The van der Waals surface area contributed by atoms with Crippen LogP contribution in [-0.2, 0) is 20.0 Å². The van der Waals surface area contributed by atoms with E-state index < -0.39 is 0 Å².